The molecule has 0 unspecified atom stereocenters. The van der Waals surface area contributed by atoms with Gasteiger partial charge in [-0.25, -0.2) is 0 Å². The van der Waals surface area contributed by atoms with Crippen molar-refractivity contribution in [2.45, 2.75) is 0 Å². The van der Waals surface area contributed by atoms with Gasteiger partial charge in [0.25, 0.3) is 0 Å². The Morgan fingerprint density at radius 2 is 0.946 bits per heavy atom. The van der Waals surface area contributed by atoms with E-state index in [2.05, 4.69) is 24.3 Å². The van der Waals surface area contributed by atoms with Crippen LogP contribution in [-0.4, -0.2) is 0 Å². The van der Waals surface area contributed by atoms with E-state index in [1.165, 1.54) is 0 Å². The molecule has 0 aliphatic rings. The summed E-state index contributed by atoms with van der Waals surface area (Å²) in [4.78, 5) is 0. The van der Waals surface area contributed by atoms with Crippen molar-refractivity contribution in [1.82, 2.24) is 0 Å². The molecule has 0 radical (unpaired) electrons. The van der Waals surface area contributed by atoms with Crippen LogP contribution in [0.1, 0.15) is 11.0 Å². The van der Waals surface area contributed by atoms with E-state index in [1.807, 2.05) is 97.1 Å². The van der Waals surface area contributed by atoms with Crippen LogP contribution in [0, 0.1) is 0 Å². The average Bonchev–Trinajstić information content (AvgIpc) is 3.91. The smallest absolute Gasteiger partial charge is 0.143 e. The number of fused-ring (bicyclic) bond motifs is 9. The van der Waals surface area contributed by atoms with Gasteiger partial charge in [-0.15, -0.1) is 0 Å². The molecule has 0 amide bonds. The molecule has 2 aromatic heterocycles. The summed E-state index contributed by atoms with van der Waals surface area (Å²) in [7, 11) is 0. The van der Waals surface area contributed by atoms with Crippen LogP contribution < -0.4 is 0 Å². The second-order valence-electron chi connectivity index (χ2n) is 14.1. The van der Waals surface area contributed by atoms with Crippen LogP contribution >= 0.6 is 0 Å². The quantitative estimate of drug-likeness (QED) is 0.169. The van der Waals surface area contributed by atoms with Gasteiger partial charge in [-0.3, -0.25) is 0 Å². The first-order valence-corrected chi connectivity index (χ1v) is 18.5. The summed E-state index contributed by atoms with van der Waals surface area (Å²) in [5, 5.41) is 6.25. The number of para-hydroxylation sites is 2. The third-order valence-electron chi connectivity index (χ3n) is 11.1. The van der Waals surface area contributed by atoms with Crippen molar-refractivity contribution >= 4 is 76.2 Å². The fourth-order valence-electron chi connectivity index (χ4n) is 8.68. The zero-order valence-electron chi connectivity index (χ0n) is 37.7. The highest BCUT2D eigenvalue weighted by atomic mass is 16.3. The van der Waals surface area contributed by atoms with E-state index in [4.69, 9.17) is 14.3 Å². The molecule has 10 aromatic carbocycles. The van der Waals surface area contributed by atoms with E-state index in [9.17, 15) is 5.48 Å². The zero-order valence-corrected chi connectivity index (χ0v) is 29.7. The second kappa shape index (κ2) is 12.0. The van der Waals surface area contributed by atoms with Crippen LogP contribution in [0.5, 0.6) is 0 Å². The van der Waals surface area contributed by atoms with Crippen molar-refractivity contribution in [2.24, 2.45) is 0 Å². The molecule has 2 heterocycles. The molecule has 56 heavy (non-hydrogen) atoms. The Hall–Kier alpha value is -7.42. The van der Waals surface area contributed by atoms with Crippen LogP contribution in [0.15, 0.2) is 203 Å². The molecular weight excluding hydrogens is 681 g/mol. The summed E-state index contributed by atoms with van der Waals surface area (Å²) in [6.45, 7) is 0. The van der Waals surface area contributed by atoms with Gasteiger partial charge in [-0.1, -0.05) is 158 Å². The minimum absolute atomic E-state index is 0.167. The van der Waals surface area contributed by atoms with Crippen LogP contribution in [0.3, 0.4) is 0 Å². The van der Waals surface area contributed by atoms with Crippen molar-refractivity contribution < 1.29 is 19.8 Å². The number of furan rings is 2. The highest BCUT2D eigenvalue weighted by Gasteiger charge is 2.21. The predicted octanol–water partition coefficient (Wildman–Crippen LogP) is 15.6. The summed E-state index contributed by atoms with van der Waals surface area (Å²) in [6.07, 6.45) is 0. The Morgan fingerprint density at radius 3 is 1.73 bits per heavy atom. The molecule has 0 fully saturated rings. The molecule has 0 saturated carbocycles. The lowest BCUT2D eigenvalue weighted by molar-refractivity contribution is 0.668. The van der Waals surface area contributed by atoms with E-state index >= 15 is 0 Å². The maximum absolute atomic E-state index is 9.50. The molecule has 2 heteroatoms. The maximum atomic E-state index is 9.50. The van der Waals surface area contributed by atoms with Crippen LogP contribution in [0.25, 0.3) is 121 Å². The largest absolute Gasteiger partial charge is 0.456 e. The van der Waals surface area contributed by atoms with E-state index in [0.29, 0.717) is 33.4 Å². The van der Waals surface area contributed by atoms with Gasteiger partial charge >= 0.3 is 0 Å². The molecule has 0 saturated heterocycles. The van der Waals surface area contributed by atoms with Gasteiger partial charge in [-0.2, -0.15) is 0 Å². The van der Waals surface area contributed by atoms with Crippen LogP contribution in [0.2, 0.25) is 0 Å². The minimum Gasteiger partial charge on any atom is -0.456 e. The van der Waals surface area contributed by atoms with Gasteiger partial charge < -0.3 is 8.83 Å². The number of rotatable bonds is 4. The highest BCUT2D eigenvalue weighted by molar-refractivity contribution is 6.23. The first kappa shape index (κ1) is 24.1. The molecule has 12 rings (SSSR count). The maximum Gasteiger partial charge on any atom is 0.143 e. The molecule has 0 aliphatic heterocycles. The Morgan fingerprint density at radius 1 is 0.339 bits per heavy atom. The molecule has 12 aromatic rings. The second-order valence-corrected chi connectivity index (χ2v) is 14.1. The van der Waals surface area contributed by atoms with Crippen molar-refractivity contribution in [2.75, 3.05) is 0 Å². The lowest BCUT2D eigenvalue weighted by Gasteiger charge is -2.19. The summed E-state index contributed by atoms with van der Waals surface area (Å²) in [5.41, 5.74) is 8.24. The van der Waals surface area contributed by atoms with Crippen molar-refractivity contribution in [3.8, 4) is 44.5 Å². The number of hydrogen-bond donors (Lipinski definition) is 0. The first-order chi connectivity index (χ1) is 31.1. The fraction of sp³-hybridized carbons (Fsp3) is 0. The lowest BCUT2D eigenvalue weighted by atomic mass is 9.84. The van der Waals surface area contributed by atoms with Crippen LogP contribution in [0.4, 0.5) is 0 Å². The molecule has 0 N–H and O–H groups in total. The first-order valence-electron chi connectivity index (χ1n) is 22.5. The van der Waals surface area contributed by atoms with Crippen LogP contribution in [-0.2, 0) is 0 Å². The average molecular weight is 721 g/mol. The molecular formula is C54H32O2. The summed E-state index contributed by atoms with van der Waals surface area (Å²) < 4.78 is 86.3. The normalized spacial score (nSPS) is 13.9. The molecule has 0 bridgehead atoms. The van der Waals surface area contributed by atoms with Crippen molar-refractivity contribution in [3.63, 3.8) is 0 Å². The van der Waals surface area contributed by atoms with Gasteiger partial charge in [0, 0.05) is 27.1 Å². The fourth-order valence-corrected chi connectivity index (χ4v) is 8.68. The van der Waals surface area contributed by atoms with E-state index in [-0.39, 0.29) is 45.7 Å². The molecule has 0 aliphatic carbocycles. The Labute approximate surface area is 333 Å². The lowest BCUT2D eigenvalue weighted by Crippen LogP contribution is -1.92. The zero-order chi connectivity index (χ0) is 43.7. The van der Waals surface area contributed by atoms with Crippen molar-refractivity contribution in [1.29, 1.82) is 0 Å². The minimum atomic E-state index is -0.442. The van der Waals surface area contributed by atoms with Gasteiger partial charge in [0.1, 0.15) is 22.3 Å². The predicted molar refractivity (Wildman–Crippen MR) is 235 cm³/mol. The Balaban J connectivity index is 1.20. The SMILES string of the molecule is [2H]c1c([2H])c([2H])c2c(-c3cc(-c4cccc5oc6ccc(-c7cccc8c7oc7ccccc78)cc6c45)c4ccccc4c3)c3c([2H])c([2H])c([2H])c([2H])c3c(-c3ccccc3)c2c1[2H]. The highest BCUT2D eigenvalue weighted by Crippen LogP contribution is 2.47. The van der Waals surface area contributed by atoms with Crippen molar-refractivity contribution in [3.05, 3.63) is 194 Å². The molecule has 0 atom stereocenters. The monoisotopic (exact) mass is 720 g/mol. The Kier molecular flexibility index (Phi) is 5.18. The summed E-state index contributed by atoms with van der Waals surface area (Å²) in [6, 6.07) is 44.2. The number of benzene rings is 10. The Bertz CT molecular complexity index is 3920. The molecule has 0 spiro atoms. The standard InChI is InChI=1S/C54H32O2/c1-2-14-33(15-3-1)51-40-19-6-8-21-42(40)52(43-22-9-7-20-41(43)51)36-30-34-16-4-5-17-37(34)46(32-36)44-24-13-27-50-53(44)47-31-35(28-29-49(47)55-50)38-23-12-25-45-39-18-10-11-26-48(39)56-54(38)45/h1-32H/i6D,7D,8D,9D,19D,20D,21D,22D. The summed E-state index contributed by atoms with van der Waals surface area (Å²) in [5.74, 6) is 0. The molecule has 260 valence electrons. The van der Waals surface area contributed by atoms with Gasteiger partial charge in [0.15, 0.2) is 0 Å². The van der Waals surface area contributed by atoms with E-state index in [0.717, 1.165) is 65.7 Å². The van der Waals surface area contributed by atoms with Gasteiger partial charge in [0.05, 0.1) is 11.0 Å². The third-order valence-corrected chi connectivity index (χ3v) is 11.1. The number of hydrogen-bond acceptors (Lipinski definition) is 2. The van der Waals surface area contributed by atoms with Gasteiger partial charge in [0.2, 0.25) is 0 Å². The van der Waals surface area contributed by atoms with E-state index < -0.39 is 24.2 Å². The van der Waals surface area contributed by atoms with Gasteiger partial charge in [-0.05, 0) is 108 Å². The summed E-state index contributed by atoms with van der Waals surface area (Å²) >= 11 is 0. The van der Waals surface area contributed by atoms with E-state index in [1.54, 1.807) is 24.3 Å². The topological polar surface area (TPSA) is 26.3 Å². The molecule has 2 nitrogen and oxygen atoms in total. The third kappa shape index (κ3) is 4.57.